The van der Waals surface area contributed by atoms with Crippen molar-refractivity contribution < 1.29 is 14.3 Å². The number of ketones is 2. The Hall–Kier alpha value is -4.05. The standard InChI is InChI=1S/C32H31NO3/c1-18-12-21(4)28(22(5)13-18)30(34)25-16-20(3)17-26(32(25)36-27-10-8-9-11-33-27)31(35)29-23(6)14-19(2)15-24(29)7/h8-17H,1-7H3. The maximum Gasteiger partial charge on any atom is 0.219 e. The van der Waals surface area contributed by atoms with Crippen LogP contribution in [0.15, 0.2) is 60.8 Å². The van der Waals surface area contributed by atoms with Gasteiger partial charge in [-0.25, -0.2) is 4.98 Å². The van der Waals surface area contributed by atoms with Crippen LogP contribution in [0.1, 0.15) is 70.8 Å². The highest BCUT2D eigenvalue weighted by Crippen LogP contribution is 2.35. The van der Waals surface area contributed by atoms with E-state index in [1.54, 1.807) is 30.5 Å². The molecule has 0 N–H and O–H groups in total. The molecular formula is C32H31NO3. The number of benzene rings is 3. The second-order valence-electron chi connectivity index (χ2n) is 9.66. The fourth-order valence-electron chi connectivity index (χ4n) is 5.08. The van der Waals surface area contributed by atoms with Crippen molar-refractivity contribution in [1.29, 1.82) is 0 Å². The van der Waals surface area contributed by atoms with Crippen molar-refractivity contribution in [1.82, 2.24) is 4.98 Å². The molecule has 0 aliphatic heterocycles. The third-order valence-corrected chi connectivity index (χ3v) is 6.38. The lowest BCUT2D eigenvalue weighted by atomic mass is 9.88. The summed E-state index contributed by atoms with van der Waals surface area (Å²) in [6, 6.07) is 16.9. The van der Waals surface area contributed by atoms with E-state index in [4.69, 9.17) is 4.74 Å². The summed E-state index contributed by atoms with van der Waals surface area (Å²) < 4.78 is 6.24. The average molecular weight is 478 g/mol. The Labute approximate surface area is 213 Å². The minimum atomic E-state index is -0.175. The Morgan fingerprint density at radius 1 is 0.611 bits per heavy atom. The average Bonchev–Trinajstić information content (AvgIpc) is 2.79. The summed E-state index contributed by atoms with van der Waals surface area (Å²) in [6.45, 7) is 13.7. The lowest BCUT2D eigenvalue weighted by Crippen LogP contribution is -2.14. The molecule has 182 valence electrons. The van der Waals surface area contributed by atoms with Gasteiger partial charge in [-0.15, -0.1) is 0 Å². The Morgan fingerprint density at radius 2 is 1.03 bits per heavy atom. The van der Waals surface area contributed by atoms with Crippen LogP contribution in [0, 0.1) is 48.5 Å². The van der Waals surface area contributed by atoms with Crippen LogP contribution in [0.3, 0.4) is 0 Å². The van der Waals surface area contributed by atoms with Crippen LogP contribution in [0.4, 0.5) is 0 Å². The van der Waals surface area contributed by atoms with Gasteiger partial charge in [-0.05, 0) is 94.5 Å². The summed E-state index contributed by atoms with van der Waals surface area (Å²) in [4.78, 5) is 32.4. The Morgan fingerprint density at radius 3 is 1.42 bits per heavy atom. The van der Waals surface area contributed by atoms with Crippen molar-refractivity contribution >= 4 is 11.6 Å². The van der Waals surface area contributed by atoms with Crippen molar-refractivity contribution in [2.75, 3.05) is 0 Å². The number of hydrogen-bond acceptors (Lipinski definition) is 4. The van der Waals surface area contributed by atoms with Crippen LogP contribution in [0.5, 0.6) is 11.6 Å². The molecule has 3 aromatic carbocycles. The van der Waals surface area contributed by atoms with E-state index >= 15 is 0 Å². The van der Waals surface area contributed by atoms with Gasteiger partial charge in [-0.2, -0.15) is 0 Å². The highest BCUT2D eigenvalue weighted by Gasteiger charge is 2.27. The van der Waals surface area contributed by atoms with Crippen LogP contribution in [0.25, 0.3) is 0 Å². The minimum absolute atomic E-state index is 0.175. The fraction of sp³-hybridized carbons (Fsp3) is 0.219. The first-order valence-corrected chi connectivity index (χ1v) is 12.1. The van der Waals surface area contributed by atoms with Crippen LogP contribution in [-0.2, 0) is 0 Å². The predicted molar refractivity (Wildman–Crippen MR) is 144 cm³/mol. The second kappa shape index (κ2) is 9.90. The number of nitrogens with zero attached hydrogens (tertiary/aromatic N) is 1. The highest BCUT2D eigenvalue weighted by molar-refractivity contribution is 6.18. The molecule has 4 nitrogen and oxygen atoms in total. The molecule has 0 saturated carbocycles. The first-order chi connectivity index (χ1) is 17.1. The van der Waals surface area contributed by atoms with Crippen molar-refractivity contribution in [2.45, 2.75) is 48.5 Å². The molecule has 4 aromatic rings. The SMILES string of the molecule is Cc1cc(C)c(C(=O)c2cc(C)cc(C(=O)c3c(C)cc(C)cc3C)c2Oc2ccccn2)c(C)c1. The Kier molecular flexibility index (Phi) is 6.89. The van der Waals surface area contributed by atoms with Crippen molar-refractivity contribution in [3.05, 3.63) is 122 Å². The van der Waals surface area contributed by atoms with E-state index in [2.05, 4.69) is 4.98 Å². The number of pyridine rings is 1. The molecule has 4 heteroatoms. The van der Waals surface area contributed by atoms with Gasteiger partial charge >= 0.3 is 0 Å². The molecule has 36 heavy (non-hydrogen) atoms. The van der Waals surface area contributed by atoms with Crippen LogP contribution < -0.4 is 4.74 Å². The summed E-state index contributed by atoms with van der Waals surface area (Å²) in [7, 11) is 0. The summed E-state index contributed by atoms with van der Waals surface area (Å²) in [5.74, 6) is 0.198. The molecule has 1 heterocycles. The molecule has 0 saturated heterocycles. The maximum atomic E-state index is 14.0. The van der Waals surface area contributed by atoms with Gasteiger partial charge in [0.25, 0.3) is 0 Å². The summed E-state index contributed by atoms with van der Waals surface area (Å²) >= 11 is 0. The van der Waals surface area contributed by atoms with E-state index in [0.717, 1.165) is 38.9 Å². The summed E-state index contributed by atoms with van der Waals surface area (Å²) in [5.41, 5.74) is 8.50. The largest absolute Gasteiger partial charge is 0.437 e. The summed E-state index contributed by atoms with van der Waals surface area (Å²) in [5, 5.41) is 0. The van der Waals surface area contributed by atoms with Crippen molar-refractivity contribution in [2.24, 2.45) is 0 Å². The van der Waals surface area contributed by atoms with Gasteiger partial charge in [0, 0.05) is 23.4 Å². The van der Waals surface area contributed by atoms with E-state index in [9.17, 15) is 9.59 Å². The van der Waals surface area contributed by atoms with Gasteiger partial charge in [-0.1, -0.05) is 41.5 Å². The van der Waals surface area contributed by atoms with Crippen LogP contribution in [0.2, 0.25) is 0 Å². The van der Waals surface area contributed by atoms with Gasteiger partial charge in [0.2, 0.25) is 5.88 Å². The zero-order chi connectivity index (χ0) is 26.1. The molecule has 4 rings (SSSR count). The third kappa shape index (κ3) is 4.85. The van der Waals surface area contributed by atoms with Crippen LogP contribution >= 0.6 is 0 Å². The number of aryl methyl sites for hydroxylation is 7. The first kappa shape index (κ1) is 25.1. The Bertz CT molecular complexity index is 1360. The molecule has 0 bridgehead atoms. The van der Waals surface area contributed by atoms with E-state index < -0.39 is 0 Å². The number of rotatable bonds is 6. The van der Waals surface area contributed by atoms with Gasteiger partial charge in [0.15, 0.2) is 17.3 Å². The second-order valence-corrected chi connectivity index (χ2v) is 9.66. The molecule has 0 radical (unpaired) electrons. The van der Waals surface area contributed by atoms with Gasteiger partial charge < -0.3 is 4.74 Å². The van der Waals surface area contributed by atoms with E-state index in [-0.39, 0.29) is 17.3 Å². The summed E-state index contributed by atoms with van der Waals surface area (Å²) in [6.07, 6.45) is 1.62. The van der Waals surface area contributed by atoms with E-state index in [1.807, 2.05) is 78.8 Å². The van der Waals surface area contributed by atoms with E-state index in [1.165, 1.54) is 0 Å². The minimum Gasteiger partial charge on any atom is -0.437 e. The number of carbonyl (C=O) groups is 2. The van der Waals surface area contributed by atoms with Gasteiger partial charge in [0.1, 0.15) is 0 Å². The molecule has 0 aliphatic carbocycles. The third-order valence-electron chi connectivity index (χ3n) is 6.38. The molecule has 0 unspecified atom stereocenters. The Balaban J connectivity index is 1.98. The first-order valence-electron chi connectivity index (χ1n) is 12.1. The molecule has 0 aliphatic rings. The van der Waals surface area contributed by atoms with Crippen LogP contribution in [-0.4, -0.2) is 16.6 Å². The monoisotopic (exact) mass is 477 g/mol. The fourth-order valence-corrected chi connectivity index (χ4v) is 5.08. The van der Waals surface area contributed by atoms with Gasteiger partial charge in [0.05, 0.1) is 11.1 Å². The molecular weight excluding hydrogens is 446 g/mol. The quantitative estimate of drug-likeness (QED) is 0.270. The maximum absolute atomic E-state index is 14.0. The zero-order valence-electron chi connectivity index (χ0n) is 21.9. The molecule has 0 fully saturated rings. The zero-order valence-corrected chi connectivity index (χ0v) is 21.9. The van der Waals surface area contributed by atoms with Gasteiger partial charge in [-0.3, -0.25) is 9.59 Å². The van der Waals surface area contributed by atoms with Crippen molar-refractivity contribution in [3.8, 4) is 11.6 Å². The predicted octanol–water partition coefficient (Wildman–Crippen LogP) is 7.49. The number of ether oxygens (including phenoxy) is 1. The number of carbonyl (C=O) groups excluding carboxylic acids is 2. The topological polar surface area (TPSA) is 56.3 Å². The molecule has 0 spiro atoms. The molecule has 0 atom stereocenters. The van der Waals surface area contributed by atoms with E-state index in [0.29, 0.717) is 28.1 Å². The lowest BCUT2D eigenvalue weighted by molar-refractivity contribution is 0.103. The smallest absolute Gasteiger partial charge is 0.219 e. The lowest BCUT2D eigenvalue weighted by Gasteiger charge is -2.18. The molecule has 1 aromatic heterocycles. The van der Waals surface area contributed by atoms with Crippen molar-refractivity contribution in [3.63, 3.8) is 0 Å². The highest BCUT2D eigenvalue weighted by atomic mass is 16.5. The molecule has 0 amide bonds. The number of hydrogen-bond donors (Lipinski definition) is 0. The normalized spacial score (nSPS) is 10.9. The number of aromatic nitrogens is 1.